The minimum absolute atomic E-state index is 0.0371. The van der Waals surface area contributed by atoms with Crippen molar-refractivity contribution in [2.45, 2.75) is 26.0 Å². The van der Waals surface area contributed by atoms with E-state index in [-0.39, 0.29) is 18.1 Å². The third-order valence-electron chi connectivity index (χ3n) is 3.22. The van der Waals surface area contributed by atoms with Gasteiger partial charge in [-0.2, -0.15) is 0 Å². The van der Waals surface area contributed by atoms with E-state index in [1.54, 1.807) is 0 Å². The van der Waals surface area contributed by atoms with Crippen LogP contribution in [0.3, 0.4) is 0 Å². The zero-order valence-corrected chi connectivity index (χ0v) is 12.0. The summed E-state index contributed by atoms with van der Waals surface area (Å²) < 4.78 is 11.1. The van der Waals surface area contributed by atoms with Gasteiger partial charge in [0.15, 0.2) is 0 Å². The van der Waals surface area contributed by atoms with E-state index in [0.717, 1.165) is 11.3 Å². The number of amides is 1. The van der Waals surface area contributed by atoms with Crippen LogP contribution in [0.25, 0.3) is 0 Å². The number of hydrogen-bond acceptors (Lipinski definition) is 4. The maximum atomic E-state index is 11.9. The molecule has 0 spiro atoms. The molecule has 0 radical (unpaired) electrons. The van der Waals surface area contributed by atoms with Crippen LogP contribution in [0.5, 0.6) is 5.75 Å². The summed E-state index contributed by atoms with van der Waals surface area (Å²) in [5.74, 6) is 0.818. The minimum Gasteiger partial charge on any atom is -0.489 e. The van der Waals surface area contributed by atoms with Crippen molar-refractivity contribution in [3.63, 3.8) is 0 Å². The van der Waals surface area contributed by atoms with Crippen LogP contribution >= 0.6 is 0 Å². The Bertz CT molecular complexity index is 444. The fourth-order valence-electron chi connectivity index (χ4n) is 2.05. The highest BCUT2D eigenvalue weighted by Gasteiger charge is 2.21. The fraction of sp³-hybridized carbons (Fsp3) is 0.533. The highest BCUT2D eigenvalue weighted by molar-refractivity contribution is 5.82. The van der Waals surface area contributed by atoms with E-state index in [1.807, 2.05) is 38.1 Å². The van der Waals surface area contributed by atoms with Crippen molar-refractivity contribution in [3.8, 4) is 5.75 Å². The van der Waals surface area contributed by atoms with Gasteiger partial charge in [-0.25, -0.2) is 0 Å². The van der Waals surface area contributed by atoms with Crippen LogP contribution in [0.4, 0.5) is 0 Å². The van der Waals surface area contributed by atoms with Crippen molar-refractivity contribution >= 4 is 5.91 Å². The Morgan fingerprint density at radius 3 is 3.05 bits per heavy atom. The number of morpholine rings is 1. The van der Waals surface area contributed by atoms with Crippen LogP contribution in [0.2, 0.25) is 0 Å². The predicted octanol–water partition coefficient (Wildman–Crippen LogP) is 0.867. The standard InChI is InChI=1S/C15H22N2O3/c1-11-5-3-4-6-14(11)20-12(2)9-17-15(18)13-10-19-8-7-16-13/h3-6,12-13,16H,7-10H2,1-2H3,(H,17,18). The predicted molar refractivity (Wildman–Crippen MR) is 76.9 cm³/mol. The lowest BCUT2D eigenvalue weighted by molar-refractivity contribution is -0.126. The first-order valence-corrected chi connectivity index (χ1v) is 6.98. The molecule has 5 heteroatoms. The number of hydrogen-bond donors (Lipinski definition) is 2. The first-order chi connectivity index (χ1) is 9.66. The largest absolute Gasteiger partial charge is 0.489 e. The molecule has 0 aliphatic carbocycles. The molecule has 0 bridgehead atoms. The lowest BCUT2D eigenvalue weighted by Gasteiger charge is -2.24. The molecule has 1 saturated heterocycles. The molecular formula is C15H22N2O3. The summed E-state index contributed by atoms with van der Waals surface area (Å²) in [5, 5.41) is 6.01. The number of para-hydroxylation sites is 1. The average Bonchev–Trinajstić information content (AvgIpc) is 2.48. The van der Waals surface area contributed by atoms with Crippen molar-refractivity contribution in [1.82, 2.24) is 10.6 Å². The smallest absolute Gasteiger partial charge is 0.239 e. The molecule has 1 aromatic rings. The van der Waals surface area contributed by atoms with Gasteiger partial charge in [0.1, 0.15) is 17.9 Å². The van der Waals surface area contributed by atoms with Gasteiger partial charge in [0.2, 0.25) is 5.91 Å². The summed E-state index contributed by atoms with van der Waals surface area (Å²) in [6, 6.07) is 7.60. The van der Waals surface area contributed by atoms with Crippen molar-refractivity contribution in [1.29, 1.82) is 0 Å². The first-order valence-electron chi connectivity index (χ1n) is 6.98. The Hall–Kier alpha value is -1.59. The van der Waals surface area contributed by atoms with Gasteiger partial charge in [-0.15, -0.1) is 0 Å². The molecule has 1 aromatic carbocycles. The molecule has 1 aliphatic rings. The molecule has 2 rings (SSSR count). The molecule has 2 N–H and O–H groups in total. The van der Waals surface area contributed by atoms with E-state index in [4.69, 9.17) is 9.47 Å². The van der Waals surface area contributed by atoms with Crippen LogP contribution in [-0.2, 0) is 9.53 Å². The molecule has 1 fully saturated rings. The Balaban J connectivity index is 1.76. The average molecular weight is 278 g/mol. The number of carbonyl (C=O) groups is 1. The molecule has 20 heavy (non-hydrogen) atoms. The number of rotatable bonds is 5. The fourth-order valence-corrected chi connectivity index (χ4v) is 2.05. The molecule has 1 amide bonds. The van der Waals surface area contributed by atoms with E-state index in [2.05, 4.69) is 10.6 Å². The SMILES string of the molecule is Cc1ccccc1OC(C)CNC(=O)C1COCCN1. The summed E-state index contributed by atoms with van der Waals surface area (Å²) in [4.78, 5) is 11.9. The first kappa shape index (κ1) is 14.8. The van der Waals surface area contributed by atoms with Crippen LogP contribution in [0.1, 0.15) is 12.5 Å². The zero-order valence-electron chi connectivity index (χ0n) is 12.0. The quantitative estimate of drug-likeness (QED) is 0.839. The molecule has 2 atom stereocenters. The lowest BCUT2D eigenvalue weighted by Crippen LogP contribution is -2.52. The topological polar surface area (TPSA) is 59.6 Å². The second kappa shape index (κ2) is 7.26. The second-order valence-corrected chi connectivity index (χ2v) is 5.02. The molecule has 5 nitrogen and oxygen atoms in total. The summed E-state index contributed by atoms with van der Waals surface area (Å²) in [6.45, 7) is 6.23. The normalized spacial score (nSPS) is 20.2. The van der Waals surface area contributed by atoms with Crippen LogP contribution in [-0.4, -0.2) is 44.4 Å². The van der Waals surface area contributed by atoms with Gasteiger partial charge in [0, 0.05) is 6.54 Å². The third-order valence-corrected chi connectivity index (χ3v) is 3.22. The van der Waals surface area contributed by atoms with Gasteiger partial charge >= 0.3 is 0 Å². The van der Waals surface area contributed by atoms with Gasteiger partial charge in [0.05, 0.1) is 19.8 Å². The molecular weight excluding hydrogens is 256 g/mol. The van der Waals surface area contributed by atoms with E-state index in [1.165, 1.54) is 0 Å². The van der Waals surface area contributed by atoms with E-state index >= 15 is 0 Å². The van der Waals surface area contributed by atoms with Gasteiger partial charge in [-0.05, 0) is 25.5 Å². The number of ether oxygens (including phenoxy) is 2. The maximum absolute atomic E-state index is 11.9. The monoisotopic (exact) mass is 278 g/mol. The van der Waals surface area contributed by atoms with Crippen LogP contribution in [0.15, 0.2) is 24.3 Å². The second-order valence-electron chi connectivity index (χ2n) is 5.02. The van der Waals surface area contributed by atoms with E-state index in [0.29, 0.717) is 26.3 Å². The van der Waals surface area contributed by atoms with Gasteiger partial charge < -0.3 is 20.1 Å². The Labute approximate surface area is 119 Å². The third kappa shape index (κ3) is 4.21. The Morgan fingerprint density at radius 1 is 1.55 bits per heavy atom. The lowest BCUT2D eigenvalue weighted by atomic mass is 10.2. The Morgan fingerprint density at radius 2 is 2.35 bits per heavy atom. The highest BCUT2D eigenvalue weighted by Crippen LogP contribution is 2.17. The van der Waals surface area contributed by atoms with Crippen LogP contribution in [0, 0.1) is 6.92 Å². The number of nitrogens with one attached hydrogen (secondary N) is 2. The molecule has 1 aliphatic heterocycles. The molecule has 2 unspecified atom stereocenters. The van der Waals surface area contributed by atoms with Gasteiger partial charge in [-0.3, -0.25) is 4.79 Å². The summed E-state index contributed by atoms with van der Waals surface area (Å²) in [6.07, 6.45) is -0.0791. The van der Waals surface area contributed by atoms with Crippen molar-refractivity contribution in [2.24, 2.45) is 0 Å². The minimum atomic E-state index is -0.255. The summed E-state index contributed by atoms with van der Waals surface area (Å²) in [7, 11) is 0. The van der Waals surface area contributed by atoms with E-state index < -0.39 is 0 Å². The van der Waals surface area contributed by atoms with Crippen molar-refractivity contribution in [3.05, 3.63) is 29.8 Å². The van der Waals surface area contributed by atoms with Gasteiger partial charge in [-0.1, -0.05) is 18.2 Å². The summed E-state index contributed by atoms with van der Waals surface area (Å²) in [5.41, 5.74) is 1.09. The molecule has 0 aromatic heterocycles. The zero-order chi connectivity index (χ0) is 14.4. The number of aryl methyl sites for hydroxylation is 1. The van der Waals surface area contributed by atoms with Crippen molar-refractivity contribution < 1.29 is 14.3 Å². The maximum Gasteiger partial charge on any atom is 0.239 e. The highest BCUT2D eigenvalue weighted by atomic mass is 16.5. The van der Waals surface area contributed by atoms with Crippen molar-refractivity contribution in [2.75, 3.05) is 26.3 Å². The molecule has 0 saturated carbocycles. The Kier molecular flexibility index (Phi) is 5.38. The van der Waals surface area contributed by atoms with E-state index in [9.17, 15) is 4.79 Å². The summed E-state index contributed by atoms with van der Waals surface area (Å²) >= 11 is 0. The molecule has 110 valence electrons. The number of carbonyl (C=O) groups excluding carboxylic acids is 1. The molecule has 1 heterocycles. The van der Waals surface area contributed by atoms with Gasteiger partial charge in [0.25, 0.3) is 0 Å². The number of benzene rings is 1. The van der Waals surface area contributed by atoms with Crippen LogP contribution < -0.4 is 15.4 Å².